The molecule has 86 valence electrons. The van der Waals surface area contributed by atoms with Crippen molar-refractivity contribution in [3.63, 3.8) is 0 Å². The first-order chi connectivity index (χ1) is 8.16. The number of carbonyl (C=O) groups is 1. The van der Waals surface area contributed by atoms with Gasteiger partial charge >= 0.3 is 0 Å². The Bertz CT molecular complexity index is 542. The van der Waals surface area contributed by atoms with Gasteiger partial charge in [-0.25, -0.2) is 4.39 Å². The SMILES string of the molecule is O=C(Cc1ccc(F)cc1Cl)c1cccnc1. The number of halogens is 2. The van der Waals surface area contributed by atoms with Crippen LogP contribution in [0.15, 0.2) is 42.7 Å². The second-order valence-electron chi connectivity index (χ2n) is 3.58. The molecule has 0 aliphatic heterocycles. The monoisotopic (exact) mass is 249 g/mol. The molecule has 0 fully saturated rings. The van der Waals surface area contributed by atoms with Gasteiger partial charge < -0.3 is 0 Å². The average Bonchev–Trinajstić information content (AvgIpc) is 2.34. The Labute approximate surface area is 103 Å². The minimum Gasteiger partial charge on any atom is -0.294 e. The third-order valence-electron chi connectivity index (χ3n) is 2.35. The quantitative estimate of drug-likeness (QED) is 0.782. The maximum absolute atomic E-state index is 12.8. The van der Waals surface area contributed by atoms with Gasteiger partial charge in [0.2, 0.25) is 0 Å². The molecule has 0 radical (unpaired) electrons. The number of ketones is 1. The lowest BCUT2D eigenvalue weighted by molar-refractivity contribution is 0.0992. The lowest BCUT2D eigenvalue weighted by atomic mass is 10.0. The minimum atomic E-state index is -0.410. The maximum Gasteiger partial charge on any atom is 0.168 e. The molecule has 0 saturated carbocycles. The number of pyridine rings is 1. The second-order valence-corrected chi connectivity index (χ2v) is 3.98. The molecule has 0 aliphatic rings. The first-order valence-corrected chi connectivity index (χ1v) is 5.42. The topological polar surface area (TPSA) is 30.0 Å². The molecule has 4 heteroatoms. The molecular weight excluding hydrogens is 241 g/mol. The van der Waals surface area contributed by atoms with Gasteiger partial charge in [-0.05, 0) is 29.8 Å². The van der Waals surface area contributed by atoms with E-state index < -0.39 is 5.82 Å². The molecule has 0 spiro atoms. The molecule has 0 unspecified atom stereocenters. The summed E-state index contributed by atoms with van der Waals surface area (Å²) in [6, 6.07) is 7.39. The highest BCUT2D eigenvalue weighted by Crippen LogP contribution is 2.19. The van der Waals surface area contributed by atoms with E-state index in [1.165, 1.54) is 24.4 Å². The summed E-state index contributed by atoms with van der Waals surface area (Å²) < 4.78 is 12.8. The lowest BCUT2D eigenvalue weighted by Crippen LogP contribution is -2.04. The first kappa shape index (κ1) is 11.7. The van der Waals surface area contributed by atoms with Crippen molar-refractivity contribution in [1.82, 2.24) is 4.98 Å². The van der Waals surface area contributed by atoms with Crippen molar-refractivity contribution < 1.29 is 9.18 Å². The average molecular weight is 250 g/mol. The Balaban J connectivity index is 2.19. The predicted molar refractivity (Wildman–Crippen MR) is 63.7 cm³/mol. The summed E-state index contributed by atoms with van der Waals surface area (Å²) in [5.74, 6) is -0.501. The molecule has 0 N–H and O–H groups in total. The van der Waals surface area contributed by atoms with Crippen LogP contribution in [0, 0.1) is 5.82 Å². The maximum atomic E-state index is 12.8. The predicted octanol–water partition coefficient (Wildman–Crippen LogP) is 3.30. The van der Waals surface area contributed by atoms with Gasteiger partial charge in [0.25, 0.3) is 0 Å². The van der Waals surface area contributed by atoms with E-state index in [9.17, 15) is 9.18 Å². The summed E-state index contributed by atoms with van der Waals surface area (Å²) in [7, 11) is 0. The largest absolute Gasteiger partial charge is 0.294 e. The van der Waals surface area contributed by atoms with Crippen molar-refractivity contribution in [3.05, 3.63) is 64.7 Å². The molecule has 1 aromatic carbocycles. The fraction of sp³-hybridized carbons (Fsp3) is 0.0769. The summed E-state index contributed by atoms with van der Waals surface area (Å²) in [5, 5.41) is 0.266. The fourth-order valence-electron chi connectivity index (χ4n) is 1.47. The van der Waals surface area contributed by atoms with Crippen LogP contribution in [0.4, 0.5) is 4.39 Å². The van der Waals surface area contributed by atoms with Gasteiger partial charge in [0, 0.05) is 29.4 Å². The molecule has 1 heterocycles. The van der Waals surface area contributed by atoms with Crippen LogP contribution in [0.25, 0.3) is 0 Å². The van der Waals surface area contributed by atoms with Gasteiger partial charge in [0.1, 0.15) is 5.82 Å². The number of hydrogen-bond acceptors (Lipinski definition) is 2. The van der Waals surface area contributed by atoms with Crippen LogP contribution in [-0.2, 0) is 6.42 Å². The summed E-state index contributed by atoms with van der Waals surface area (Å²) >= 11 is 5.85. The van der Waals surface area contributed by atoms with Crippen molar-refractivity contribution in [2.24, 2.45) is 0 Å². The van der Waals surface area contributed by atoms with Gasteiger partial charge in [0.15, 0.2) is 5.78 Å². The highest BCUT2D eigenvalue weighted by molar-refractivity contribution is 6.31. The summed E-state index contributed by atoms with van der Waals surface area (Å²) in [5.41, 5.74) is 1.13. The molecule has 17 heavy (non-hydrogen) atoms. The third-order valence-corrected chi connectivity index (χ3v) is 2.70. The van der Waals surface area contributed by atoms with Crippen molar-refractivity contribution >= 4 is 17.4 Å². The van der Waals surface area contributed by atoms with E-state index >= 15 is 0 Å². The van der Waals surface area contributed by atoms with E-state index in [0.29, 0.717) is 11.1 Å². The summed E-state index contributed by atoms with van der Waals surface area (Å²) in [6.07, 6.45) is 3.24. The van der Waals surface area contributed by atoms with Gasteiger partial charge in [0.05, 0.1) is 0 Å². The molecule has 2 rings (SSSR count). The van der Waals surface area contributed by atoms with E-state index in [0.717, 1.165) is 0 Å². The number of Topliss-reactive ketones (excluding diaryl/α,β-unsaturated/α-hetero) is 1. The number of hydrogen-bond donors (Lipinski definition) is 0. The van der Waals surface area contributed by atoms with Crippen LogP contribution in [-0.4, -0.2) is 10.8 Å². The Hall–Kier alpha value is -1.74. The molecule has 0 aliphatic carbocycles. The number of rotatable bonds is 3. The van der Waals surface area contributed by atoms with Crippen LogP contribution in [0.5, 0.6) is 0 Å². The molecule has 1 aromatic heterocycles. The zero-order valence-electron chi connectivity index (χ0n) is 8.86. The van der Waals surface area contributed by atoms with Crippen LogP contribution in [0.3, 0.4) is 0 Å². The van der Waals surface area contributed by atoms with Crippen molar-refractivity contribution in [2.75, 3.05) is 0 Å². The molecule has 0 bridgehead atoms. The Kier molecular flexibility index (Phi) is 3.49. The lowest BCUT2D eigenvalue weighted by Gasteiger charge is -2.03. The van der Waals surface area contributed by atoms with E-state index in [1.807, 2.05) is 0 Å². The Morgan fingerprint density at radius 3 is 2.82 bits per heavy atom. The minimum absolute atomic E-state index is 0.0911. The number of benzene rings is 1. The fourth-order valence-corrected chi connectivity index (χ4v) is 1.70. The Morgan fingerprint density at radius 1 is 1.35 bits per heavy atom. The van der Waals surface area contributed by atoms with Crippen LogP contribution in [0.2, 0.25) is 5.02 Å². The molecule has 0 amide bonds. The van der Waals surface area contributed by atoms with Gasteiger partial charge in [-0.2, -0.15) is 0 Å². The normalized spacial score (nSPS) is 10.2. The summed E-state index contributed by atoms with van der Waals surface area (Å²) in [6.45, 7) is 0. The van der Waals surface area contributed by atoms with Gasteiger partial charge in [-0.3, -0.25) is 9.78 Å². The molecular formula is C13H9ClFNO. The zero-order chi connectivity index (χ0) is 12.3. The highest BCUT2D eigenvalue weighted by atomic mass is 35.5. The van der Waals surface area contributed by atoms with E-state index in [1.54, 1.807) is 18.3 Å². The van der Waals surface area contributed by atoms with Crippen molar-refractivity contribution in [3.8, 4) is 0 Å². The van der Waals surface area contributed by atoms with Crippen LogP contribution < -0.4 is 0 Å². The molecule has 2 aromatic rings. The van der Waals surface area contributed by atoms with E-state index in [4.69, 9.17) is 11.6 Å². The van der Waals surface area contributed by atoms with Crippen molar-refractivity contribution in [2.45, 2.75) is 6.42 Å². The van der Waals surface area contributed by atoms with E-state index in [2.05, 4.69) is 4.98 Å². The first-order valence-electron chi connectivity index (χ1n) is 5.04. The standard InChI is InChI=1S/C13H9ClFNO/c14-12-7-11(15)4-3-9(12)6-13(17)10-2-1-5-16-8-10/h1-5,7-8H,6H2. The van der Waals surface area contributed by atoms with Crippen molar-refractivity contribution in [1.29, 1.82) is 0 Å². The number of aromatic nitrogens is 1. The number of nitrogens with zero attached hydrogens (tertiary/aromatic N) is 1. The second kappa shape index (κ2) is 5.06. The number of carbonyl (C=O) groups excluding carboxylic acids is 1. The van der Waals surface area contributed by atoms with Crippen LogP contribution >= 0.6 is 11.6 Å². The molecule has 2 nitrogen and oxygen atoms in total. The Morgan fingerprint density at radius 2 is 2.18 bits per heavy atom. The smallest absolute Gasteiger partial charge is 0.168 e. The van der Waals surface area contributed by atoms with Crippen LogP contribution in [0.1, 0.15) is 15.9 Å². The van der Waals surface area contributed by atoms with E-state index in [-0.39, 0.29) is 17.2 Å². The molecule has 0 atom stereocenters. The zero-order valence-corrected chi connectivity index (χ0v) is 9.62. The summed E-state index contributed by atoms with van der Waals surface area (Å²) in [4.78, 5) is 15.7. The van der Waals surface area contributed by atoms with Gasteiger partial charge in [-0.15, -0.1) is 0 Å². The van der Waals surface area contributed by atoms with Gasteiger partial charge in [-0.1, -0.05) is 17.7 Å². The highest BCUT2D eigenvalue weighted by Gasteiger charge is 2.10. The third kappa shape index (κ3) is 2.88. The molecule has 0 saturated heterocycles.